The SMILES string of the molecule is CC(C)(c1ccccc1)N1CCc2nn(-c3ccccc3OCC(F)(F)F)c(-c3cc(F)c(NC(N)=O)cc3F)c2C1. The highest BCUT2D eigenvalue weighted by atomic mass is 19.4. The fourth-order valence-electron chi connectivity index (χ4n) is 5.20. The largest absolute Gasteiger partial charge is 0.482 e. The number of halogens is 5. The molecule has 0 radical (unpaired) electrons. The molecule has 2 heterocycles. The fourth-order valence-corrected chi connectivity index (χ4v) is 5.20. The summed E-state index contributed by atoms with van der Waals surface area (Å²) in [5.74, 6) is -1.98. The van der Waals surface area contributed by atoms with Gasteiger partial charge in [-0.05, 0) is 37.6 Å². The number of carbonyl (C=O) groups is 1. The number of nitrogens with zero attached hydrogens (tertiary/aromatic N) is 3. The summed E-state index contributed by atoms with van der Waals surface area (Å²) in [7, 11) is 0. The van der Waals surface area contributed by atoms with E-state index in [-0.39, 0.29) is 22.7 Å². The third-order valence-electron chi connectivity index (χ3n) is 7.36. The maximum absolute atomic E-state index is 15.7. The number of alkyl halides is 3. The molecule has 3 N–H and O–H groups in total. The lowest BCUT2D eigenvalue weighted by atomic mass is 9.89. The Morgan fingerprint density at radius 2 is 1.71 bits per heavy atom. The normalized spacial score (nSPS) is 14.0. The molecule has 3 aromatic carbocycles. The summed E-state index contributed by atoms with van der Waals surface area (Å²) in [6, 6.07) is 16.4. The Balaban J connectivity index is 1.68. The summed E-state index contributed by atoms with van der Waals surface area (Å²) >= 11 is 0. The molecular weight excluding hydrogens is 557 g/mol. The first-order valence-electron chi connectivity index (χ1n) is 13.1. The topological polar surface area (TPSA) is 85.4 Å². The van der Waals surface area contributed by atoms with Gasteiger partial charge in [0.05, 0.1) is 17.1 Å². The number of ether oxygens (including phenoxy) is 1. The van der Waals surface area contributed by atoms with Crippen LogP contribution in [0.2, 0.25) is 0 Å². The average Bonchev–Trinajstić information content (AvgIpc) is 3.32. The van der Waals surface area contributed by atoms with Gasteiger partial charge in [-0.15, -0.1) is 0 Å². The summed E-state index contributed by atoms with van der Waals surface area (Å²) < 4.78 is 76.4. The number of primary amides is 1. The van der Waals surface area contributed by atoms with Gasteiger partial charge < -0.3 is 15.8 Å². The van der Waals surface area contributed by atoms with Gasteiger partial charge in [0.2, 0.25) is 0 Å². The smallest absolute Gasteiger partial charge is 0.422 e. The number of hydrogen-bond acceptors (Lipinski definition) is 4. The van der Waals surface area contributed by atoms with Crippen molar-refractivity contribution < 1.29 is 31.5 Å². The Morgan fingerprint density at radius 1 is 1.02 bits per heavy atom. The van der Waals surface area contributed by atoms with E-state index in [1.807, 2.05) is 35.6 Å². The molecule has 0 atom stereocenters. The maximum atomic E-state index is 15.7. The third-order valence-corrected chi connectivity index (χ3v) is 7.36. The second-order valence-electron chi connectivity index (χ2n) is 10.5. The quantitative estimate of drug-likeness (QED) is 0.241. The molecule has 0 spiro atoms. The number of rotatable bonds is 7. The van der Waals surface area contributed by atoms with Gasteiger partial charge in [0.1, 0.15) is 23.1 Å². The van der Waals surface area contributed by atoms with E-state index in [0.29, 0.717) is 30.8 Å². The van der Waals surface area contributed by atoms with Crippen LogP contribution in [-0.2, 0) is 18.5 Å². The predicted octanol–water partition coefficient (Wildman–Crippen LogP) is 6.54. The highest BCUT2D eigenvalue weighted by molar-refractivity contribution is 5.88. The molecule has 1 aliphatic heterocycles. The average molecular weight is 586 g/mol. The highest BCUT2D eigenvalue weighted by Gasteiger charge is 2.36. The first-order chi connectivity index (χ1) is 19.8. The number of urea groups is 1. The third kappa shape index (κ3) is 5.80. The van der Waals surface area contributed by atoms with E-state index in [1.54, 1.807) is 6.07 Å². The van der Waals surface area contributed by atoms with Crippen molar-refractivity contribution in [2.45, 2.75) is 38.5 Å². The number of amides is 2. The summed E-state index contributed by atoms with van der Waals surface area (Å²) in [4.78, 5) is 13.5. The first-order valence-corrected chi connectivity index (χ1v) is 13.1. The van der Waals surface area contributed by atoms with Crippen LogP contribution in [0.15, 0.2) is 66.7 Å². The van der Waals surface area contributed by atoms with Crippen molar-refractivity contribution in [3.05, 3.63) is 95.2 Å². The van der Waals surface area contributed by atoms with Crippen LogP contribution in [0, 0.1) is 11.6 Å². The van der Waals surface area contributed by atoms with Gasteiger partial charge in [-0.1, -0.05) is 42.5 Å². The van der Waals surface area contributed by atoms with Crippen molar-refractivity contribution in [3.8, 4) is 22.7 Å². The van der Waals surface area contributed by atoms with Crippen molar-refractivity contribution in [3.63, 3.8) is 0 Å². The molecule has 12 heteroatoms. The molecular formula is C30H28F5N5O2. The van der Waals surface area contributed by atoms with Crippen molar-refractivity contribution in [2.24, 2.45) is 5.73 Å². The Hall–Kier alpha value is -4.45. The Kier molecular flexibility index (Phi) is 7.67. The van der Waals surface area contributed by atoms with Crippen molar-refractivity contribution in [1.82, 2.24) is 14.7 Å². The number of anilines is 1. The second kappa shape index (κ2) is 11.1. The molecule has 0 fully saturated rings. The molecule has 220 valence electrons. The van der Waals surface area contributed by atoms with E-state index < -0.39 is 41.7 Å². The number of aromatic nitrogens is 2. The molecule has 1 aliphatic rings. The van der Waals surface area contributed by atoms with Gasteiger partial charge in [0.15, 0.2) is 6.61 Å². The standard InChI is InChI=1S/C30H28F5N5O2/c1-29(2,18-8-4-3-5-9-18)39-13-12-23-20(16-39)27(19-14-22(32)24(15-21(19)31)37-28(36)41)40(38-23)25-10-6-7-11-26(25)42-17-30(33,34)35/h3-11,14-15H,12-13,16-17H2,1-2H3,(H3,36,37,41). The first kappa shape index (κ1) is 29.1. The number of fused-ring (bicyclic) bond motifs is 1. The minimum Gasteiger partial charge on any atom is -0.482 e. The van der Waals surface area contributed by atoms with Crippen LogP contribution in [0.25, 0.3) is 16.9 Å². The van der Waals surface area contributed by atoms with Crippen LogP contribution in [0.1, 0.15) is 30.7 Å². The fraction of sp³-hybridized carbons (Fsp3) is 0.267. The Labute approximate surface area is 238 Å². The molecule has 0 saturated heterocycles. The maximum Gasteiger partial charge on any atom is 0.422 e. The zero-order valence-corrected chi connectivity index (χ0v) is 22.8. The molecule has 5 rings (SSSR count). The monoisotopic (exact) mass is 585 g/mol. The highest BCUT2D eigenvalue weighted by Crippen LogP contribution is 2.40. The van der Waals surface area contributed by atoms with E-state index in [2.05, 4.69) is 23.8 Å². The Morgan fingerprint density at radius 3 is 2.40 bits per heavy atom. The van der Waals surface area contributed by atoms with Gasteiger partial charge in [0, 0.05) is 42.2 Å². The number of nitrogens with one attached hydrogen (secondary N) is 1. The molecule has 2 amide bonds. The zero-order chi connectivity index (χ0) is 30.2. The van der Waals surface area contributed by atoms with Crippen LogP contribution < -0.4 is 15.8 Å². The van der Waals surface area contributed by atoms with E-state index in [9.17, 15) is 18.0 Å². The number of hydrogen-bond donors (Lipinski definition) is 2. The number of para-hydroxylation sites is 2. The molecule has 1 aromatic heterocycles. The lowest BCUT2D eigenvalue weighted by molar-refractivity contribution is -0.153. The van der Waals surface area contributed by atoms with Crippen LogP contribution >= 0.6 is 0 Å². The minimum absolute atomic E-state index is 0.124. The van der Waals surface area contributed by atoms with E-state index >= 15 is 8.78 Å². The number of carbonyl (C=O) groups excluding carboxylic acids is 1. The summed E-state index contributed by atoms with van der Waals surface area (Å²) in [5, 5.41) is 6.73. The van der Waals surface area contributed by atoms with Gasteiger partial charge in [-0.25, -0.2) is 18.3 Å². The molecule has 0 saturated carbocycles. The van der Waals surface area contributed by atoms with Crippen LogP contribution in [-0.4, -0.2) is 40.0 Å². The predicted molar refractivity (Wildman–Crippen MR) is 147 cm³/mol. The summed E-state index contributed by atoms with van der Waals surface area (Å²) in [6.45, 7) is 3.46. The summed E-state index contributed by atoms with van der Waals surface area (Å²) in [5.41, 5.74) is 6.50. The lowest BCUT2D eigenvalue weighted by Gasteiger charge is -2.41. The van der Waals surface area contributed by atoms with Crippen LogP contribution in [0.5, 0.6) is 5.75 Å². The van der Waals surface area contributed by atoms with E-state index in [4.69, 9.17) is 10.5 Å². The van der Waals surface area contributed by atoms with E-state index in [1.165, 1.54) is 22.9 Å². The lowest BCUT2D eigenvalue weighted by Crippen LogP contribution is -2.44. The Bertz CT molecular complexity index is 1620. The molecule has 7 nitrogen and oxygen atoms in total. The van der Waals surface area contributed by atoms with Crippen molar-refractivity contribution >= 4 is 11.7 Å². The van der Waals surface area contributed by atoms with Gasteiger partial charge >= 0.3 is 12.2 Å². The van der Waals surface area contributed by atoms with Crippen molar-refractivity contribution in [2.75, 3.05) is 18.5 Å². The van der Waals surface area contributed by atoms with Crippen LogP contribution in [0.3, 0.4) is 0 Å². The molecule has 42 heavy (non-hydrogen) atoms. The molecule has 4 aromatic rings. The molecule has 0 aliphatic carbocycles. The van der Waals surface area contributed by atoms with Crippen LogP contribution in [0.4, 0.5) is 32.4 Å². The number of nitrogens with two attached hydrogens (primary N) is 1. The second-order valence-corrected chi connectivity index (χ2v) is 10.5. The van der Waals surface area contributed by atoms with Gasteiger partial charge in [0.25, 0.3) is 0 Å². The minimum atomic E-state index is -4.60. The molecule has 0 bridgehead atoms. The molecule has 0 unspecified atom stereocenters. The van der Waals surface area contributed by atoms with E-state index in [0.717, 1.165) is 17.7 Å². The van der Waals surface area contributed by atoms with Gasteiger partial charge in [-0.2, -0.15) is 18.3 Å². The number of benzene rings is 3. The summed E-state index contributed by atoms with van der Waals surface area (Å²) in [6.07, 6.45) is -4.15. The van der Waals surface area contributed by atoms with Crippen molar-refractivity contribution in [1.29, 1.82) is 0 Å². The zero-order valence-electron chi connectivity index (χ0n) is 22.8. The van der Waals surface area contributed by atoms with Gasteiger partial charge in [-0.3, -0.25) is 4.90 Å².